The lowest BCUT2D eigenvalue weighted by molar-refractivity contribution is -0.147. The number of benzene rings is 2. The number of methoxy groups -OCH3 is 1. The third kappa shape index (κ3) is 8.59. The summed E-state index contributed by atoms with van der Waals surface area (Å²) in [4.78, 5) is 26.8. The molecule has 9 nitrogen and oxygen atoms in total. The molecule has 0 radical (unpaired) electrons. The van der Waals surface area contributed by atoms with E-state index in [2.05, 4.69) is 40.5 Å². The Kier molecular flexibility index (Phi) is 11.2. The van der Waals surface area contributed by atoms with Crippen LogP contribution in [-0.4, -0.2) is 71.2 Å². The Balaban J connectivity index is 1.35. The molecule has 232 valence electrons. The molecule has 1 amide bonds. The van der Waals surface area contributed by atoms with Crippen LogP contribution in [0.1, 0.15) is 62.6 Å². The molecule has 0 spiro atoms. The molecular weight excluding hydrogens is 566 g/mol. The van der Waals surface area contributed by atoms with Crippen LogP contribution in [0.2, 0.25) is 0 Å². The fourth-order valence-electron chi connectivity index (χ4n) is 5.68. The Hall–Kier alpha value is -3.39. The molecule has 10 heteroatoms. The van der Waals surface area contributed by atoms with Crippen LogP contribution in [-0.2, 0) is 35.5 Å². The fourth-order valence-corrected chi connectivity index (χ4v) is 7.01. The number of sulfonamides is 1. The highest BCUT2D eigenvalue weighted by atomic mass is 32.2. The quantitative estimate of drug-likeness (QED) is 0.327. The smallest absolute Gasteiger partial charge is 0.305 e. The highest BCUT2D eigenvalue weighted by Crippen LogP contribution is 2.30. The number of anilines is 1. The van der Waals surface area contributed by atoms with Gasteiger partial charge in [-0.15, -0.1) is 0 Å². The molecule has 1 unspecified atom stereocenters. The summed E-state index contributed by atoms with van der Waals surface area (Å²) in [7, 11) is -0.644. The number of carbonyl (C=O) groups excluding carboxylic acids is 2. The number of morpholine rings is 1. The first-order valence-corrected chi connectivity index (χ1v) is 16.5. The largest absolute Gasteiger partial charge is 0.469 e. The normalized spacial score (nSPS) is 20.7. The molecule has 4 rings (SSSR count). The molecule has 1 aliphatic heterocycles. The summed E-state index contributed by atoms with van der Waals surface area (Å²) in [5, 5.41) is 3.06. The van der Waals surface area contributed by atoms with Crippen LogP contribution >= 0.6 is 0 Å². The number of hydrogen-bond acceptors (Lipinski definition) is 7. The van der Waals surface area contributed by atoms with Crippen LogP contribution in [0.25, 0.3) is 0 Å². The Labute approximate surface area is 255 Å². The minimum Gasteiger partial charge on any atom is -0.469 e. The van der Waals surface area contributed by atoms with E-state index in [1.54, 1.807) is 25.2 Å². The lowest BCUT2D eigenvalue weighted by Crippen LogP contribution is -2.53. The molecule has 0 bridgehead atoms. The number of nitrogens with one attached hydrogen (secondary N) is 2. The van der Waals surface area contributed by atoms with Crippen molar-refractivity contribution in [1.29, 1.82) is 0 Å². The number of ether oxygens (including phenoxy) is 2. The Morgan fingerprint density at radius 3 is 2.44 bits per heavy atom. The van der Waals surface area contributed by atoms with Crippen molar-refractivity contribution in [2.24, 2.45) is 11.8 Å². The Morgan fingerprint density at radius 1 is 1.07 bits per heavy atom. The van der Waals surface area contributed by atoms with E-state index in [0.717, 1.165) is 11.1 Å². The predicted molar refractivity (Wildman–Crippen MR) is 166 cm³/mol. The molecule has 2 N–H and O–H groups in total. The first-order chi connectivity index (χ1) is 20.6. The SMILES string of the molecule is CNc1cc(S(=O)(=O)N[C@H]2CC[C@H](C(=O)N3CCOCC3C(C)C)CC2)ccc1C#Cc1ccc(CCC(=O)OC)cc1. The number of hydrogen-bond donors (Lipinski definition) is 2. The summed E-state index contributed by atoms with van der Waals surface area (Å²) in [5.41, 5.74) is 3.12. The van der Waals surface area contributed by atoms with Crippen LogP contribution in [0.5, 0.6) is 0 Å². The predicted octanol–water partition coefficient (Wildman–Crippen LogP) is 3.95. The van der Waals surface area contributed by atoms with Gasteiger partial charge in [0.1, 0.15) is 0 Å². The molecule has 2 fully saturated rings. The van der Waals surface area contributed by atoms with Gasteiger partial charge in [-0.1, -0.05) is 37.8 Å². The second-order valence-corrected chi connectivity index (χ2v) is 13.3. The van der Waals surface area contributed by atoms with Crippen LogP contribution in [0.15, 0.2) is 47.4 Å². The van der Waals surface area contributed by atoms with Crippen LogP contribution in [0.3, 0.4) is 0 Å². The Bertz CT molecular complexity index is 1440. The van der Waals surface area contributed by atoms with Crippen LogP contribution in [0.4, 0.5) is 5.69 Å². The third-order valence-corrected chi connectivity index (χ3v) is 9.85. The first kappa shape index (κ1) is 32.5. The zero-order valence-electron chi connectivity index (χ0n) is 25.5. The van der Waals surface area contributed by atoms with E-state index in [9.17, 15) is 18.0 Å². The van der Waals surface area contributed by atoms with Gasteiger partial charge >= 0.3 is 5.97 Å². The van der Waals surface area contributed by atoms with Gasteiger partial charge in [0, 0.05) is 43.1 Å². The number of esters is 1. The molecule has 2 aromatic rings. The zero-order valence-corrected chi connectivity index (χ0v) is 26.3. The van der Waals surface area contributed by atoms with Crippen molar-refractivity contribution in [3.63, 3.8) is 0 Å². The number of rotatable bonds is 9. The summed E-state index contributed by atoms with van der Waals surface area (Å²) >= 11 is 0. The van der Waals surface area contributed by atoms with Gasteiger partial charge < -0.3 is 19.7 Å². The van der Waals surface area contributed by atoms with Gasteiger partial charge in [0.2, 0.25) is 15.9 Å². The second kappa shape index (κ2) is 14.9. The van der Waals surface area contributed by atoms with Gasteiger partial charge in [-0.2, -0.15) is 0 Å². The van der Waals surface area contributed by atoms with E-state index in [4.69, 9.17) is 4.74 Å². The molecule has 1 saturated carbocycles. The van der Waals surface area contributed by atoms with E-state index in [0.29, 0.717) is 75.5 Å². The standard InChI is InChI=1S/C33H43N3O6S/c1-23(2)31-22-42-20-19-36(31)33(38)27-12-15-28(16-13-27)35-43(39,40)29-17-14-26(30(21-29)34-3)11-9-24-5-7-25(8-6-24)10-18-32(37)41-4/h5-8,14,17,21,23,27-28,31,34-35H,10,12-13,15-16,18-20,22H2,1-4H3/t27-,28-,31?. The summed E-state index contributed by atoms with van der Waals surface area (Å²) in [6, 6.07) is 12.4. The molecule has 2 aromatic carbocycles. The van der Waals surface area contributed by atoms with Crippen molar-refractivity contribution >= 4 is 27.6 Å². The van der Waals surface area contributed by atoms with Gasteiger partial charge in [-0.3, -0.25) is 9.59 Å². The number of aryl methyl sites for hydroxylation is 1. The van der Waals surface area contributed by atoms with Crippen LogP contribution < -0.4 is 10.0 Å². The van der Waals surface area contributed by atoms with Crippen molar-refractivity contribution in [1.82, 2.24) is 9.62 Å². The van der Waals surface area contributed by atoms with Crippen molar-refractivity contribution < 1.29 is 27.5 Å². The lowest BCUT2D eigenvalue weighted by atomic mass is 9.85. The summed E-state index contributed by atoms with van der Waals surface area (Å²) in [6.07, 6.45) is 3.49. The Morgan fingerprint density at radius 2 is 1.79 bits per heavy atom. The molecule has 1 heterocycles. The maximum atomic E-state index is 13.3. The number of carbonyl (C=O) groups is 2. The van der Waals surface area contributed by atoms with Gasteiger partial charge in [-0.25, -0.2) is 13.1 Å². The average Bonchev–Trinajstić information content (AvgIpc) is 3.02. The molecule has 0 aromatic heterocycles. The first-order valence-electron chi connectivity index (χ1n) is 15.0. The molecule has 1 atom stereocenters. The summed E-state index contributed by atoms with van der Waals surface area (Å²) in [5.74, 6) is 6.43. The maximum Gasteiger partial charge on any atom is 0.305 e. The molecule has 1 saturated heterocycles. The topological polar surface area (TPSA) is 114 Å². The highest BCUT2D eigenvalue weighted by molar-refractivity contribution is 7.89. The molecule has 43 heavy (non-hydrogen) atoms. The van der Waals surface area contributed by atoms with Gasteiger partial charge in [-0.05, 0) is 73.9 Å². The van der Waals surface area contributed by atoms with Crippen molar-refractivity contribution in [3.05, 3.63) is 59.2 Å². The fraction of sp³-hybridized carbons (Fsp3) is 0.515. The second-order valence-electron chi connectivity index (χ2n) is 11.6. The van der Waals surface area contributed by atoms with E-state index in [1.807, 2.05) is 29.2 Å². The molecule has 1 aliphatic carbocycles. The number of nitrogens with zero attached hydrogens (tertiary/aromatic N) is 1. The van der Waals surface area contributed by atoms with E-state index in [1.165, 1.54) is 7.11 Å². The third-order valence-electron chi connectivity index (χ3n) is 8.33. The van der Waals surface area contributed by atoms with E-state index < -0.39 is 10.0 Å². The average molecular weight is 610 g/mol. The van der Waals surface area contributed by atoms with Crippen molar-refractivity contribution in [3.8, 4) is 11.8 Å². The zero-order chi connectivity index (χ0) is 31.0. The van der Waals surface area contributed by atoms with Crippen molar-refractivity contribution in [2.75, 3.05) is 39.2 Å². The van der Waals surface area contributed by atoms with E-state index in [-0.39, 0.29) is 34.8 Å². The highest BCUT2D eigenvalue weighted by Gasteiger charge is 2.36. The monoisotopic (exact) mass is 609 g/mol. The van der Waals surface area contributed by atoms with E-state index >= 15 is 0 Å². The minimum atomic E-state index is -3.76. The van der Waals surface area contributed by atoms with Gasteiger partial charge in [0.25, 0.3) is 0 Å². The van der Waals surface area contributed by atoms with Gasteiger partial charge in [0.05, 0.1) is 36.9 Å². The minimum absolute atomic E-state index is 0.0788. The summed E-state index contributed by atoms with van der Waals surface area (Å²) in [6.45, 7) is 5.98. The lowest BCUT2D eigenvalue weighted by Gasteiger charge is -2.41. The molecular formula is C33H43N3O6S. The molecule has 2 aliphatic rings. The summed E-state index contributed by atoms with van der Waals surface area (Å²) < 4.78 is 39.7. The van der Waals surface area contributed by atoms with Crippen LogP contribution in [0, 0.1) is 23.7 Å². The van der Waals surface area contributed by atoms with Crippen molar-refractivity contribution in [2.45, 2.75) is 69.4 Å². The number of amides is 1. The maximum absolute atomic E-state index is 13.3. The van der Waals surface area contributed by atoms with Gasteiger partial charge in [0.15, 0.2) is 0 Å².